The molecule has 0 bridgehead atoms. The Kier molecular flexibility index (Phi) is 11.3. The molecule has 73 heavy (non-hydrogen) atoms. The van der Waals surface area contributed by atoms with Crippen molar-refractivity contribution in [3.63, 3.8) is 0 Å². The Hall–Kier alpha value is -9.57. The number of aromatic nitrogens is 1. The maximum absolute atomic E-state index is 5.50. The second-order valence-electron chi connectivity index (χ2n) is 18.7. The lowest BCUT2D eigenvalue weighted by atomic mass is 9.91. The fourth-order valence-electron chi connectivity index (χ4n) is 10.7. The van der Waals surface area contributed by atoms with Crippen molar-refractivity contribution in [1.29, 1.82) is 0 Å². The Morgan fingerprint density at radius 2 is 0.630 bits per heavy atom. The van der Waals surface area contributed by atoms with Gasteiger partial charge < -0.3 is 9.88 Å². The molecule has 13 rings (SSSR count). The number of rotatable bonds is 10. The number of hydrogen-bond donors (Lipinski definition) is 1. The van der Waals surface area contributed by atoms with Crippen LogP contribution in [0.3, 0.4) is 0 Å². The van der Waals surface area contributed by atoms with E-state index >= 15 is 0 Å². The van der Waals surface area contributed by atoms with Crippen LogP contribution in [-0.2, 0) is 0 Å². The molecule has 1 aliphatic rings. The molecule has 1 N–H and O–H groups in total. The number of amidine groups is 1. The molecule has 12 aromatic rings. The van der Waals surface area contributed by atoms with E-state index in [0.29, 0.717) is 0 Å². The van der Waals surface area contributed by atoms with E-state index in [0.717, 1.165) is 95.0 Å². The third-order valence-electron chi connectivity index (χ3n) is 14.2. The first-order valence-corrected chi connectivity index (χ1v) is 25.1. The second-order valence-corrected chi connectivity index (χ2v) is 18.7. The predicted octanol–water partition coefficient (Wildman–Crippen LogP) is 17.9. The van der Waals surface area contributed by atoms with Gasteiger partial charge in [-0.1, -0.05) is 243 Å². The van der Waals surface area contributed by atoms with Gasteiger partial charge in [0.25, 0.3) is 0 Å². The topological polar surface area (TPSA) is 29.3 Å². The van der Waals surface area contributed by atoms with Crippen LogP contribution in [0.4, 0.5) is 0 Å². The fourth-order valence-corrected chi connectivity index (χ4v) is 10.7. The molecule has 0 saturated heterocycles. The third-order valence-corrected chi connectivity index (χ3v) is 14.2. The standard InChI is InChI=1S/C70H49N3/c1-9-25-48(26-10-1)56-41-59(50-29-13-3-14-30-50)68-63(43-56)64-44-57(49-27-11-2-12-28-49)42-60(51-31-15-4-16-32-51)69(64)73(68)67-61(52-33-17-5-18-34-52)45-58(46-62(67)53-35-19-6-20-36-53)70-71-65(54-37-21-7-22-38-54)47-66(72-70)55-39-23-8-24-40-55/h1-47,65H,(H,71,72). The Bertz CT molecular complexity index is 3780. The number of aliphatic imine (C=N–C) groups is 1. The fraction of sp³-hybridized carbons (Fsp3) is 0.0143. The first-order valence-electron chi connectivity index (χ1n) is 25.1. The average molecular weight is 932 g/mol. The Balaban J connectivity index is 1.21. The van der Waals surface area contributed by atoms with Crippen LogP contribution in [0.1, 0.15) is 22.7 Å². The van der Waals surface area contributed by atoms with E-state index in [4.69, 9.17) is 4.99 Å². The summed E-state index contributed by atoms with van der Waals surface area (Å²) < 4.78 is 2.62. The summed E-state index contributed by atoms with van der Waals surface area (Å²) in [5.41, 5.74) is 21.2. The minimum absolute atomic E-state index is 0.110. The van der Waals surface area contributed by atoms with Gasteiger partial charge >= 0.3 is 0 Å². The summed E-state index contributed by atoms with van der Waals surface area (Å²) in [4.78, 5) is 5.50. The van der Waals surface area contributed by atoms with E-state index in [1.807, 2.05) is 0 Å². The summed E-state index contributed by atoms with van der Waals surface area (Å²) in [5.74, 6) is 0.813. The van der Waals surface area contributed by atoms with Crippen molar-refractivity contribution in [3.8, 4) is 72.4 Å². The molecule has 1 aliphatic heterocycles. The zero-order valence-corrected chi connectivity index (χ0v) is 40.1. The number of benzene rings is 11. The van der Waals surface area contributed by atoms with Crippen LogP contribution in [-0.4, -0.2) is 10.4 Å². The molecule has 2 heterocycles. The number of fused-ring (bicyclic) bond motifs is 3. The number of nitrogens with one attached hydrogen (secondary N) is 1. The van der Waals surface area contributed by atoms with Crippen LogP contribution in [0.2, 0.25) is 0 Å². The van der Waals surface area contributed by atoms with Gasteiger partial charge in [0.15, 0.2) is 0 Å². The molecule has 1 unspecified atom stereocenters. The normalized spacial score (nSPS) is 13.3. The van der Waals surface area contributed by atoms with E-state index in [1.165, 1.54) is 27.5 Å². The largest absolute Gasteiger partial charge is 0.359 e. The summed E-state index contributed by atoms with van der Waals surface area (Å²) in [7, 11) is 0. The van der Waals surface area contributed by atoms with E-state index in [9.17, 15) is 0 Å². The molecule has 1 aromatic heterocycles. The monoisotopic (exact) mass is 931 g/mol. The lowest BCUT2D eigenvalue weighted by Crippen LogP contribution is -2.31. The quantitative estimate of drug-likeness (QED) is 0.145. The van der Waals surface area contributed by atoms with Crippen molar-refractivity contribution in [1.82, 2.24) is 9.88 Å². The summed E-state index contributed by atoms with van der Waals surface area (Å²) >= 11 is 0. The van der Waals surface area contributed by atoms with Gasteiger partial charge in [-0.25, -0.2) is 4.99 Å². The van der Waals surface area contributed by atoms with Gasteiger partial charge in [0.05, 0.1) is 28.5 Å². The van der Waals surface area contributed by atoms with Gasteiger partial charge in [0.1, 0.15) is 5.84 Å². The number of nitrogens with zero attached hydrogens (tertiary/aromatic N) is 2. The molecule has 1 atom stereocenters. The van der Waals surface area contributed by atoms with E-state index in [1.54, 1.807) is 0 Å². The highest BCUT2D eigenvalue weighted by Crippen LogP contribution is 2.49. The highest BCUT2D eigenvalue weighted by atomic mass is 15.1. The van der Waals surface area contributed by atoms with Crippen molar-refractivity contribution >= 4 is 33.3 Å². The van der Waals surface area contributed by atoms with Crippen LogP contribution >= 0.6 is 0 Å². The molecule has 0 fully saturated rings. The van der Waals surface area contributed by atoms with Gasteiger partial charge in [-0.05, 0) is 98.1 Å². The van der Waals surface area contributed by atoms with Crippen molar-refractivity contribution < 1.29 is 0 Å². The Morgan fingerprint density at radius 1 is 0.301 bits per heavy atom. The van der Waals surface area contributed by atoms with Gasteiger partial charge in [0, 0.05) is 38.6 Å². The first-order chi connectivity index (χ1) is 36.2. The van der Waals surface area contributed by atoms with Crippen LogP contribution < -0.4 is 5.32 Å². The van der Waals surface area contributed by atoms with Crippen LogP contribution in [0, 0.1) is 0 Å². The third kappa shape index (κ3) is 8.23. The average Bonchev–Trinajstić information content (AvgIpc) is 3.82. The molecule has 0 amide bonds. The molecule has 3 heteroatoms. The molecule has 3 nitrogen and oxygen atoms in total. The number of hydrogen-bond acceptors (Lipinski definition) is 2. The molecule has 0 aliphatic carbocycles. The molecule has 0 saturated carbocycles. The highest BCUT2D eigenvalue weighted by molar-refractivity contribution is 6.20. The minimum atomic E-state index is -0.110. The van der Waals surface area contributed by atoms with Crippen LogP contribution in [0.5, 0.6) is 0 Å². The molecule has 0 radical (unpaired) electrons. The predicted molar refractivity (Wildman–Crippen MR) is 307 cm³/mol. The molecule has 11 aromatic carbocycles. The van der Waals surface area contributed by atoms with Crippen LogP contribution in [0.25, 0.3) is 100.0 Å². The first kappa shape index (κ1) is 43.5. The SMILES string of the molecule is C1=C(c2ccccc2)N=C(c2cc(-c3ccccc3)c(-n3c4c(-c5ccccc5)cc(-c5ccccc5)cc4c4cc(-c5ccccc5)cc(-c5ccccc5)c43)c(-c3ccccc3)c2)NC1c1ccccc1. The highest BCUT2D eigenvalue weighted by Gasteiger charge is 2.28. The summed E-state index contributed by atoms with van der Waals surface area (Å²) in [6.07, 6.45) is 2.25. The molecular formula is C70H49N3. The van der Waals surface area contributed by atoms with Crippen LogP contribution in [0.15, 0.2) is 290 Å². The molecule has 0 spiro atoms. The van der Waals surface area contributed by atoms with Gasteiger partial charge in [0.2, 0.25) is 0 Å². The van der Waals surface area contributed by atoms with Crippen molar-refractivity contribution in [2.45, 2.75) is 6.04 Å². The lowest BCUT2D eigenvalue weighted by molar-refractivity contribution is 0.781. The minimum Gasteiger partial charge on any atom is -0.359 e. The van der Waals surface area contributed by atoms with Gasteiger partial charge in [-0.15, -0.1) is 0 Å². The summed E-state index contributed by atoms with van der Waals surface area (Å²) in [5, 5.41) is 6.28. The molecular weight excluding hydrogens is 883 g/mol. The summed E-state index contributed by atoms with van der Waals surface area (Å²) in [6.45, 7) is 0. The molecule has 344 valence electrons. The van der Waals surface area contributed by atoms with Gasteiger partial charge in [-0.2, -0.15) is 0 Å². The maximum atomic E-state index is 5.50. The second kappa shape index (κ2) is 19.0. The van der Waals surface area contributed by atoms with E-state index in [-0.39, 0.29) is 6.04 Å². The maximum Gasteiger partial charge on any atom is 0.134 e. The Morgan fingerprint density at radius 3 is 1.03 bits per heavy atom. The van der Waals surface area contributed by atoms with Crippen molar-refractivity contribution in [2.24, 2.45) is 4.99 Å². The van der Waals surface area contributed by atoms with Crippen molar-refractivity contribution in [3.05, 3.63) is 302 Å². The van der Waals surface area contributed by atoms with E-state index in [2.05, 4.69) is 295 Å². The van der Waals surface area contributed by atoms with E-state index < -0.39 is 0 Å². The zero-order chi connectivity index (χ0) is 48.5. The smallest absolute Gasteiger partial charge is 0.134 e. The van der Waals surface area contributed by atoms with Crippen molar-refractivity contribution in [2.75, 3.05) is 0 Å². The van der Waals surface area contributed by atoms with Gasteiger partial charge in [-0.3, -0.25) is 0 Å². The summed E-state index contributed by atoms with van der Waals surface area (Å²) in [6, 6.07) is 101. The zero-order valence-electron chi connectivity index (χ0n) is 40.1. The lowest BCUT2D eigenvalue weighted by Gasteiger charge is -2.27. The Labute approximate surface area is 426 Å².